The summed E-state index contributed by atoms with van der Waals surface area (Å²) < 4.78 is 1.59. The lowest BCUT2D eigenvalue weighted by atomic mass is 10.1. The van der Waals surface area contributed by atoms with Crippen molar-refractivity contribution in [3.05, 3.63) is 60.2 Å². The monoisotopic (exact) mass is 367 g/mol. The predicted octanol–water partition coefficient (Wildman–Crippen LogP) is 2.98. The van der Waals surface area contributed by atoms with Gasteiger partial charge in [-0.3, -0.25) is 9.59 Å². The Morgan fingerprint density at radius 1 is 1.08 bits per heavy atom. The number of benzene rings is 2. The van der Waals surface area contributed by atoms with Crippen molar-refractivity contribution in [2.75, 3.05) is 5.32 Å². The number of hydrogen-bond donors (Lipinski definition) is 1. The highest BCUT2D eigenvalue weighted by atomic mass is 32.2. The SMILES string of the molecule is CC(=O)c1ccc(NC(=O)[C@H](C)Sc2nnnn2-c2ccccc2)cc1. The molecule has 0 saturated carbocycles. The fourth-order valence-corrected chi connectivity index (χ4v) is 3.04. The van der Waals surface area contributed by atoms with E-state index in [1.807, 2.05) is 30.3 Å². The molecule has 1 atom stereocenters. The first-order valence-corrected chi connectivity index (χ1v) is 8.85. The van der Waals surface area contributed by atoms with Gasteiger partial charge in [-0.15, -0.1) is 5.10 Å². The fourth-order valence-electron chi connectivity index (χ4n) is 2.23. The van der Waals surface area contributed by atoms with Crippen LogP contribution < -0.4 is 5.32 Å². The molecule has 0 saturated heterocycles. The Morgan fingerprint density at radius 3 is 2.42 bits per heavy atom. The lowest BCUT2D eigenvalue weighted by Gasteiger charge is -2.12. The first-order valence-electron chi connectivity index (χ1n) is 7.97. The third-order valence-electron chi connectivity index (χ3n) is 3.65. The smallest absolute Gasteiger partial charge is 0.237 e. The maximum absolute atomic E-state index is 12.4. The number of rotatable bonds is 6. The van der Waals surface area contributed by atoms with E-state index < -0.39 is 5.25 Å². The molecule has 0 aliphatic heterocycles. The van der Waals surface area contributed by atoms with Crippen molar-refractivity contribution in [2.45, 2.75) is 24.3 Å². The van der Waals surface area contributed by atoms with Crippen molar-refractivity contribution in [2.24, 2.45) is 0 Å². The summed E-state index contributed by atoms with van der Waals surface area (Å²) in [6, 6.07) is 16.3. The number of anilines is 1. The van der Waals surface area contributed by atoms with Crippen LogP contribution in [0.5, 0.6) is 0 Å². The number of ketones is 1. The van der Waals surface area contributed by atoms with Crippen LogP contribution in [0.1, 0.15) is 24.2 Å². The molecular weight excluding hydrogens is 350 g/mol. The second-order valence-corrected chi connectivity index (χ2v) is 6.90. The Hall–Kier alpha value is -3.00. The third-order valence-corrected chi connectivity index (χ3v) is 4.69. The molecule has 0 unspecified atom stereocenters. The molecule has 1 N–H and O–H groups in total. The molecule has 1 heterocycles. The lowest BCUT2D eigenvalue weighted by Crippen LogP contribution is -2.23. The van der Waals surface area contributed by atoms with Gasteiger partial charge in [0.2, 0.25) is 11.1 Å². The van der Waals surface area contributed by atoms with Crippen molar-refractivity contribution < 1.29 is 9.59 Å². The molecule has 132 valence electrons. The van der Waals surface area contributed by atoms with Crippen molar-refractivity contribution in [1.82, 2.24) is 20.2 Å². The van der Waals surface area contributed by atoms with Crippen LogP contribution >= 0.6 is 11.8 Å². The molecule has 2 aromatic carbocycles. The summed E-state index contributed by atoms with van der Waals surface area (Å²) in [5.74, 6) is -0.187. The number of thioether (sulfide) groups is 1. The van der Waals surface area contributed by atoms with Gasteiger partial charge in [-0.1, -0.05) is 30.0 Å². The molecule has 3 aromatic rings. The molecule has 3 rings (SSSR count). The summed E-state index contributed by atoms with van der Waals surface area (Å²) in [6.07, 6.45) is 0. The molecule has 0 radical (unpaired) electrons. The molecule has 0 aliphatic rings. The van der Waals surface area contributed by atoms with Gasteiger partial charge in [0.1, 0.15) is 0 Å². The molecule has 1 aromatic heterocycles. The van der Waals surface area contributed by atoms with Crippen LogP contribution in [0.25, 0.3) is 5.69 Å². The van der Waals surface area contributed by atoms with E-state index in [2.05, 4.69) is 20.8 Å². The number of tetrazole rings is 1. The average Bonchev–Trinajstić information content (AvgIpc) is 3.11. The molecule has 1 amide bonds. The van der Waals surface area contributed by atoms with E-state index in [1.54, 1.807) is 35.9 Å². The predicted molar refractivity (Wildman–Crippen MR) is 99.5 cm³/mol. The third kappa shape index (κ3) is 4.15. The Labute approximate surface area is 154 Å². The van der Waals surface area contributed by atoms with Crippen LogP contribution in [-0.2, 0) is 4.79 Å². The summed E-state index contributed by atoms with van der Waals surface area (Å²) in [5.41, 5.74) is 2.06. The maximum Gasteiger partial charge on any atom is 0.237 e. The van der Waals surface area contributed by atoms with Crippen LogP contribution in [0.3, 0.4) is 0 Å². The normalized spacial score (nSPS) is 11.8. The second-order valence-electron chi connectivity index (χ2n) is 5.59. The van der Waals surface area contributed by atoms with E-state index in [4.69, 9.17) is 0 Å². The summed E-state index contributed by atoms with van der Waals surface area (Å²) in [4.78, 5) is 23.7. The van der Waals surface area contributed by atoms with Crippen LogP contribution in [0.15, 0.2) is 59.8 Å². The van der Waals surface area contributed by atoms with E-state index in [9.17, 15) is 9.59 Å². The number of Topliss-reactive ketones (excluding diaryl/α,β-unsaturated/α-hetero) is 1. The summed E-state index contributed by atoms with van der Waals surface area (Å²) >= 11 is 1.27. The van der Waals surface area contributed by atoms with Gasteiger partial charge < -0.3 is 5.32 Å². The minimum absolute atomic E-state index is 0.0143. The largest absolute Gasteiger partial charge is 0.325 e. The highest BCUT2D eigenvalue weighted by molar-refractivity contribution is 8.00. The molecule has 0 aliphatic carbocycles. The number of aromatic nitrogens is 4. The number of hydrogen-bond acceptors (Lipinski definition) is 6. The van der Waals surface area contributed by atoms with Crippen molar-refractivity contribution in [3.8, 4) is 5.69 Å². The number of para-hydroxylation sites is 1. The van der Waals surface area contributed by atoms with E-state index in [0.29, 0.717) is 16.4 Å². The maximum atomic E-state index is 12.4. The van der Waals surface area contributed by atoms with E-state index >= 15 is 0 Å². The van der Waals surface area contributed by atoms with Crippen LogP contribution in [0.4, 0.5) is 5.69 Å². The molecule has 26 heavy (non-hydrogen) atoms. The van der Waals surface area contributed by atoms with Crippen molar-refractivity contribution in [3.63, 3.8) is 0 Å². The standard InChI is InChI=1S/C18H17N5O2S/c1-12(24)14-8-10-15(11-9-14)19-17(25)13(2)26-18-20-21-22-23(18)16-6-4-3-5-7-16/h3-11,13H,1-2H3,(H,19,25)/t13-/m0/s1. The quantitative estimate of drug-likeness (QED) is 0.532. The fraction of sp³-hybridized carbons (Fsp3) is 0.167. The zero-order valence-electron chi connectivity index (χ0n) is 14.3. The van der Waals surface area contributed by atoms with Crippen molar-refractivity contribution in [1.29, 1.82) is 0 Å². The van der Waals surface area contributed by atoms with Gasteiger partial charge in [0.25, 0.3) is 0 Å². The topological polar surface area (TPSA) is 89.8 Å². The number of nitrogens with zero attached hydrogens (tertiary/aromatic N) is 4. The molecular formula is C18H17N5O2S. The number of amides is 1. The molecule has 7 nitrogen and oxygen atoms in total. The molecule has 0 bridgehead atoms. The van der Waals surface area contributed by atoms with Crippen LogP contribution in [0.2, 0.25) is 0 Å². The Morgan fingerprint density at radius 2 is 1.77 bits per heavy atom. The van der Waals surface area contributed by atoms with Crippen LogP contribution in [-0.4, -0.2) is 37.1 Å². The zero-order valence-corrected chi connectivity index (χ0v) is 15.1. The van der Waals surface area contributed by atoms with Gasteiger partial charge in [-0.05, 0) is 60.7 Å². The van der Waals surface area contributed by atoms with Crippen LogP contribution in [0, 0.1) is 0 Å². The molecule has 8 heteroatoms. The van der Waals surface area contributed by atoms with Gasteiger partial charge in [0, 0.05) is 11.3 Å². The summed E-state index contributed by atoms with van der Waals surface area (Å²) in [7, 11) is 0. The summed E-state index contributed by atoms with van der Waals surface area (Å²) in [6.45, 7) is 3.29. The second kappa shape index (κ2) is 7.92. The van der Waals surface area contributed by atoms with Gasteiger partial charge >= 0.3 is 0 Å². The van der Waals surface area contributed by atoms with E-state index in [-0.39, 0.29) is 11.7 Å². The lowest BCUT2D eigenvalue weighted by molar-refractivity contribution is -0.115. The van der Waals surface area contributed by atoms with E-state index in [0.717, 1.165) is 5.69 Å². The Kier molecular flexibility index (Phi) is 5.43. The first kappa shape index (κ1) is 17.8. The minimum atomic E-state index is -0.407. The minimum Gasteiger partial charge on any atom is -0.325 e. The van der Waals surface area contributed by atoms with Crippen molar-refractivity contribution >= 4 is 29.1 Å². The molecule has 0 fully saturated rings. The van der Waals surface area contributed by atoms with Gasteiger partial charge in [0.15, 0.2) is 5.78 Å². The Balaban J connectivity index is 1.67. The van der Waals surface area contributed by atoms with Gasteiger partial charge in [-0.2, -0.15) is 4.68 Å². The molecule has 0 spiro atoms. The zero-order chi connectivity index (χ0) is 18.5. The average molecular weight is 367 g/mol. The van der Waals surface area contributed by atoms with Gasteiger partial charge in [-0.25, -0.2) is 0 Å². The number of carbonyl (C=O) groups excluding carboxylic acids is 2. The van der Waals surface area contributed by atoms with E-state index in [1.165, 1.54) is 18.7 Å². The number of nitrogens with one attached hydrogen (secondary N) is 1. The number of carbonyl (C=O) groups is 2. The highest BCUT2D eigenvalue weighted by Crippen LogP contribution is 2.23. The first-order chi connectivity index (χ1) is 12.5. The Bertz CT molecular complexity index is 909. The summed E-state index contributed by atoms with van der Waals surface area (Å²) in [5, 5.41) is 14.6. The highest BCUT2D eigenvalue weighted by Gasteiger charge is 2.19. The van der Waals surface area contributed by atoms with Gasteiger partial charge in [0.05, 0.1) is 10.9 Å².